The van der Waals surface area contributed by atoms with Crippen molar-refractivity contribution in [3.63, 3.8) is 0 Å². The molecule has 2 atom stereocenters. The molecule has 1 aliphatic carbocycles. The van der Waals surface area contributed by atoms with Crippen LogP contribution in [0.5, 0.6) is 0 Å². The van der Waals surface area contributed by atoms with Crippen LogP contribution in [0.2, 0.25) is 0 Å². The minimum absolute atomic E-state index is 0.0824. The van der Waals surface area contributed by atoms with E-state index >= 15 is 0 Å². The third kappa shape index (κ3) is 2.03. The lowest BCUT2D eigenvalue weighted by Gasteiger charge is -2.50. The van der Waals surface area contributed by atoms with Gasteiger partial charge in [-0.3, -0.25) is 9.59 Å². The molecule has 1 saturated carbocycles. The van der Waals surface area contributed by atoms with Gasteiger partial charge in [0.25, 0.3) is 0 Å². The second-order valence-electron chi connectivity index (χ2n) is 7.24. The number of hydrogen-bond acceptors (Lipinski definition) is 4. The number of ether oxygens (including phenoxy) is 1. The summed E-state index contributed by atoms with van der Waals surface area (Å²) in [7, 11) is 0. The Morgan fingerprint density at radius 2 is 1.95 bits per heavy atom. The molecular formula is C15H24N2O3. The lowest BCUT2D eigenvalue weighted by atomic mass is 9.71. The van der Waals surface area contributed by atoms with Crippen molar-refractivity contribution in [2.24, 2.45) is 22.7 Å². The van der Waals surface area contributed by atoms with Gasteiger partial charge in [-0.2, -0.15) is 0 Å². The Bertz CT molecular complexity index is 440. The quantitative estimate of drug-likeness (QED) is 0.771. The fourth-order valence-corrected chi connectivity index (χ4v) is 3.69. The maximum Gasteiger partial charge on any atom is 0.310 e. The third-order valence-corrected chi connectivity index (χ3v) is 5.27. The molecule has 20 heavy (non-hydrogen) atoms. The number of amides is 1. The first-order valence-electron chi connectivity index (χ1n) is 7.56. The number of esters is 1. The van der Waals surface area contributed by atoms with E-state index in [0.717, 1.165) is 13.0 Å². The van der Waals surface area contributed by atoms with Crippen molar-refractivity contribution in [3.8, 4) is 0 Å². The molecule has 2 aliphatic heterocycles. The highest BCUT2D eigenvalue weighted by atomic mass is 16.5. The summed E-state index contributed by atoms with van der Waals surface area (Å²) >= 11 is 0. The summed E-state index contributed by atoms with van der Waals surface area (Å²) in [6.45, 7) is 9.43. The number of rotatable bonds is 3. The van der Waals surface area contributed by atoms with Crippen molar-refractivity contribution < 1.29 is 14.3 Å². The Labute approximate surface area is 120 Å². The molecule has 1 spiro atoms. The van der Waals surface area contributed by atoms with Crippen LogP contribution in [0, 0.1) is 22.7 Å². The Hall–Kier alpha value is -1.10. The van der Waals surface area contributed by atoms with E-state index in [4.69, 9.17) is 4.74 Å². The molecule has 2 unspecified atom stereocenters. The maximum atomic E-state index is 12.3. The summed E-state index contributed by atoms with van der Waals surface area (Å²) < 4.78 is 5.16. The van der Waals surface area contributed by atoms with Gasteiger partial charge in [-0.05, 0) is 18.8 Å². The van der Waals surface area contributed by atoms with Gasteiger partial charge in [0.2, 0.25) is 5.91 Å². The summed E-state index contributed by atoms with van der Waals surface area (Å²) in [6, 6.07) is 0. The SMILES string of the molecule is CCOC(=O)C1CNCC12CN(C(=O)C1CC1(C)C)C2. The highest BCUT2D eigenvalue weighted by molar-refractivity contribution is 5.84. The van der Waals surface area contributed by atoms with E-state index in [1.807, 2.05) is 11.8 Å². The van der Waals surface area contributed by atoms with Crippen LogP contribution in [0.4, 0.5) is 0 Å². The number of nitrogens with one attached hydrogen (secondary N) is 1. The Morgan fingerprint density at radius 1 is 1.30 bits per heavy atom. The predicted molar refractivity (Wildman–Crippen MR) is 73.9 cm³/mol. The monoisotopic (exact) mass is 280 g/mol. The highest BCUT2D eigenvalue weighted by Gasteiger charge is 2.60. The molecule has 2 saturated heterocycles. The molecule has 3 aliphatic rings. The number of carbonyl (C=O) groups excluding carboxylic acids is 2. The van der Waals surface area contributed by atoms with E-state index in [-0.39, 0.29) is 34.5 Å². The summed E-state index contributed by atoms with van der Waals surface area (Å²) in [6.07, 6.45) is 0.995. The van der Waals surface area contributed by atoms with Gasteiger partial charge in [0, 0.05) is 37.5 Å². The van der Waals surface area contributed by atoms with Crippen molar-refractivity contribution in [1.82, 2.24) is 10.2 Å². The lowest BCUT2D eigenvalue weighted by Crippen LogP contribution is -2.63. The zero-order valence-electron chi connectivity index (χ0n) is 12.6. The first-order chi connectivity index (χ1) is 9.39. The maximum absolute atomic E-state index is 12.3. The largest absolute Gasteiger partial charge is 0.466 e. The molecule has 1 N–H and O–H groups in total. The molecule has 0 radical (unpaired) electrons. The van der Waals surface area contributed by atoms with E-state index in [2.05, 4.69) is 19.2 Å². The van der Waals surface area contributed by atoms with Crippen molar-refractivity contribution in [2.45, 2.75) is 27.2 Å². The van der Waals surface area contributed by atoms with Gasteiger partial charge in [0.1, 0.15) is 0 Å². The van der Waals surface area contributed by atoms with Crippen LogP contribution in [0.1, 0.15) is 27.2 Å². The van der Waals surface area contributed by atoms with Gasteiger partial charge in [-0.1, -0.05) is 13.8 Å². The molecule has 5 nitrogen and oxygen atoms in total. The highest BCUT2D eigenvalue weighted by Crippen LogP contribution is 2.54. The van der Waals surface area contributed by atoms with Crippen LogP contribution in [0.25, 0.3) is 0 Å². The molecule has 0 aromatic heterocycles. The smallest absolute Gasteiger partial charge is 0.310 e. The summed E-state index contributed by atoms with van der Waals surface area (Å²) in [5.41, 5.74) is 0.0925. The molecule has 3 rings (SSSR count). The van der Waals surface area contributed by atoms with Crippen molar-refractivity contribution in [3.05, 3.63) is 0 Å². The first-order valence-corrected chi connectivity index (χ1v) is 7.56. The van der Waals surface area contributed by atoms with Crippen molar-refractivity contribution in [2.75, 3.05) is 32.8 Å². The van der Waals surface area contributed by atoms with Crippen molar-refractivity contribution >= 4 is 11.9 Å². The van der Waals surface area contributed by atoms with Crippen LogP contribution < -0.4 is 5.32 Å². The van der Waals surface area contributed by atoms with Gasteiger partial charge >= 0.3 is 5.97 Å². The lowest BCUT2D eigenvalue weighted by molar-refractivity contribution is -0.162. The molecule has 112 valence electrons. The summed E-state index contributed by atoms with van der Waals surface area (Å²) in [5, 5.41) is 3.29. The number of nitrogens with zero attached hydrogens (tertiary/aromatic N) is 1. The van der Waals surface area contributed by atoms with Crippen LogP contribution in [0.3, 0.4) is 0 Å². The van der Waals surface area contributed by atoms with Crippen LogP contribution in [-0.2, 0) is 14.3 Å². The predicted octanol–water partition coefficient (Wildman–Crippen LogP) is 0.644. The minimum Gasteiger partial charge on any atom is -0.466 e. The minimum atomic E-state index is -0.114. The zero-order chi connectivity index (χ0) is 14.5. The molecular weight excluding hydrogens is 256 g/mol. The Balaban J connectivity index is 1.60. The summed E-state index contributed by atoms with van der Waals surface area (Å²) in [5.74, 6) is 0.250. The Morgan fingerprint density at radius 3 is 2.50 bits per heavy atom. The second kappa shape index (κ2) is 4.45. The second-order valence-corrected chi connectivity index (χ2v) is 7.24. The van der Waals surface area contributed by atoms with E-state index in [1.54, 1.807) is 0 Å². The van der Waals surface area contributed by atoms with Gasteiger partial charge in [-0.15, -0.1) is 0 Å². The zero-order valence-corrected chi connectivity index (χ0v) is 12.6. The molecule has 5 heteroatoms. The fourth-order valence-electron chi connectivity index (χ4n) is 3.69. The van der Waals surface area contributed by atoms with E-state index in [0.29, 0.717) is 26.2 Å². The molecule has 3 fully saturated rings. The van der Waals surface area contributed by atoms with Crippen LogP contribution in [-0.4, -0.2) is 49.6 Å². The molecule has 2 heterocycles. The number of hydrogen-bond donors (Lipinski definition) is 1. The normalized spacial score (nSPS) is 32.9. The average molecular weight is 280 g/mol. The standard InChI is InChI=1S/C15H24N2O3/c1-4-20-13(19)11-6-16-7-15(11)8-17(9-15)12(18)10-5-14(10,2)3/h10-11,16H,4-9H2,1-3H3. The first kappa shape index (κ1) is 13.9. The third-order valence-electron chi connectivity index (χ3n) is 5.27. The van der Waals surface area contributed by atoms with E-state index < -0.39 is 0 Å². The van der Waals surface area contributed by atoms with Crippen molar-refractivity contribution in [1.29, 1.82) is 0 Å². The van der Waals surface area contributed by atoms with Gasteiger partial charge in [0.05, 0.1) is 12.5 Å². The topological polar surface area (TPSA) is 58.6 Å². The summed E-state index contributed by atoms with van der Waals surface area (Å²) in [4.78, 5) is 26.3. The van der Waals surface area contributed by atoms with Crippen LogP contribution >= 0.6 is 0 Å². The average Bonchev–Trinajstić information content (AvgIpc) is 2.81. The Kier molecular flexibility index (Phi) is 3.08. The van der Waals surface area contributed by atoms with Crippen LogP contribution in [0.15, 0.2) is 0 Å². The molecule has 0 aromatic carbocycles. The molecule has 0 aromatic rings. The molecule has 0 bridgehead atoms. The van der Waals surface area contributed by atoms with Gasteiger partial charge < -0.3 is 15.0 Å². The number of carbonyl (C=O) groups is 2. The van der Waals surface area contributed by atoms with Gasteiger partial charge in [-0.25, -0.2) is 0 Å². The van der Waals surface area contributed by atoms with E-state index in [1.165, 1.54) is 0 Å². The van der Waals surface area contributed by atoms with Gasteiger partial charge in [0.15, 0.2) is 0 Å². The number of likely N-dealkylation sites (tertiary alicyclic amines) is 1. The molecule has 1 amide bonds. The fraction of sp³-hybridized carbons (Fsp3) is 0.867. The van der Waals surface area contributed by atoms with E-state index in [9.17, 15) is 9.59 Å².